The molecule has 0 fully saturated rings. The lowest BCUT2D eigenvalue weighted by atomic mass is 10.2. The molecule has 1 aromatic carbocycles. The Hall–Kier alpha value is -1.23. The van der Waals surface area contributed by atoms with Crippen LogP contribution < -0.4 is 18.6 Å². The van der Waals surface area contributed by atoms with Gasteiger partial charge in [0.25, 0.3) is 0 Å². The van der Waals surface area contributed by atoms with E-state index in [2.05, 4.69) is 4.98 Å². The monoisotopic (exact) mass is 218 g/mol. The van der Waals surface area contributed by atoms with Gasteiger partial charge in [-0.15, -0.1) is 10.2 Å². The van der Waals surface area contributed by atoms with E-state index in [4.69, 9.17) is 24.0 Å². The Labute approximate surface area is 82.4 Å². The molecule has 0 unspecified atom stereocenters. The number of hydrogen-bond acceptors (Lipinski definition) is 5. The molecule has 0 aliphatic carbocycles. The highest BCUT2D eigenvalue weighted by molar-refractivity contribution is 5.44. The van der Waals surface area contributed by atoms with Crippen molar-refractivity contribution in [2.24, 2.45) is 0 Å². The Balaban J connectivity index is 0.000000292. The fourth-order valence-electron chi connectivity index (χ4n) is 0.611. The molecule has 0 aliphatic heterocycles. The summed E-state index contributed by atoms with van der Waals surface area (Å²) in [4.78, 5) is 3.01. The fourth-order valence-corrected chi connectivity index (χ4v) is 0.611. The predicted molar refractivity (Wildman–Crippen MR) is 35.9 cm³/mol. The molecular formula is C7H7ClN2O4. The van der Waals surface area contributed by atoms with Gasteiger partial charge < -0.3 is 0 Å². The highest BCUT2D eigenvalue weighted by Gasteiger charge is 1.98. The standard InChI is InChI=1S/C7H7N2.ClHO4/c1-6-2-4-7(9-8)5-3-6;2-1(3,4)5/h2-5H,1H3;(H,2,3,4,5)/q+1;/p-1. The molecule has 1 rings (SSSR count). The van der Waals surface area contributed by atoms with Crippen LogP contribution in [0.1, 0.15) is 5.56 Å². The van der Waals surface area contributed by atoms with E-state index in [9.17, 15) is 0 Å². The first-order valence-electron chi connectivity index (χ1n) is 3.36. The molecule has 0 aromatic heterocycles. The summed E-state index contributed by atoms with van der Waals surface area (Å²) in [7, 11) is -4.94. The van der Waals surface area contributed by atoms with Crippen LogP contribution in [0.4, 0.5) is 5.69 Å². The summed E-state index contributed by atoms with van der Waals surface area (Å²) < 4.78 is 34.0. The van der Waals surface area contributed by atoms with Crippen LogP contribution in [0.3, 0.4) is 0 Å². The van der Waals surface area contributed by atoms with Gasteiger partial charge in [-0.1, -0.05) is 17.7 Å². The highest BCUT2D eigenvalue weighted by Crippen LogP contribution is 2.10. The zero-order valence-electron chi connectivity index (χ0n) is 7.21. The first-order chi connectivity index (χ1) is 6.33. The van der Waals surface area contributed by atoms with Gasteiger partial charge in [0.05, 0.1) is 0 Å². The summed E-state index contributed by atoms with van der Waals surface area (Å²) in [6.07, 6.45) is 0. The summed E-state index contributed by atoms with van der Waals surface area (Å²) in [5.74, 6) is 0. The van der Waals surface area contributed by atoms with E-state index in [1.165, 1.54) is 5.56 Å². The third-order valence-corrected chi connectivity index (χ3v) is 1.15. The fraction of sp³-hybridized carbons (Fsp3) is 0.143. The highest BCUT2D eigenvalue weighted by atomic mass is 35.7. The number of aryl methyl sites for hydroxylation is 1. The lowest BCUT2D eigenvalue weighted by Crippen LogP contribution is -2.68. The van der Waals surface area contributed by atoms with Gasteiger partial charge in [-0.05, 0) is 6.92 Å². The molecule has 0 saturated heterocycles. The molecule has 0 atom stereocenters. The van der Waals surface area contributed by atoms with Crippen molar-refractivity contribution in [3.8, 4) is 0 Å². The van der Waals surface area contributed by atoms with Crippen molar-refractivity contribution < 1.29 is 28.9 Å². The van der Waals surface area contributed by atoms with E-state index in [1.807, 2.05) is 19.1 Å². The van der Waals surface area contributed by atoms with Crippen LogP contribution in [0, 0.1) is 22.6 Å². The molecule has 7 heteroatoms. The number of nitrogens with zero attached hydrogens (tertiary/aromatic N) is 2. The van der Waals surface area contributed by atoms with E-state index < -0.39 is 10.2 Å². The van der Waals surface area contributed by atoms with Crippen molar-refractivity contribution >= 4 is 5.69 Å². The van der Waals surface area contributed by atoms with E-state index in [-0.39, 0.29) is 0 Å². The zero-order chi connectivity index (χ0) is 11.2. The second-order valence-corrected chi connectivity index (χ2v) is 3.07. The molecule has 0 radical (unpaired) electrons. The first kappa shape index (κ1) is 12.8. The maximum Gasteiger partial charge on any atom is 0.385 e. The van der Waals surface area contributed by atoms with Crippen molar-refractivity contribution in [1.29, 1.82) is 5.39 Å². The van der Waals surface area contributed by atoms with Crippen LogP contribution in [0.5, 0.6) is 0 Å². The van der Waals surface area contributed by atoms with Crippen molar-refractivity contribution in [3.05, 3.63) is 34.8 Å². The Bertz CT molecular complexity index is 308. The molecule has 0 N–H and O–H groups in total. The molecule has 0 spiro atoms. The Kier molecular flexibility index (Phi) is 5.01. The Morgan fingerprint density at radius 2 is 1.43 bits per heavy atom. The van der Waals surface area contributed by atoms with E-state index in [0.29, 0.717) is 5.69 Å². The van der Waals surface area contributed by atoms with Crippen molar-refractivity contribution in [2.45, 2.75) is 6.92 Å². The van der Waals surface area contributed by atoms with Crippen molar-refractivity contribution in [1.82, 2.24) is 0 Å². The van der Waals surface area contributed by atoms with Gasteiger partial charge in [-0.2, -0.15) is 0 Å². The van der Waals surface area contributed by atoms with Gasteiger partial charge in [0, 0.05) is 12.1 Å². The summed E-state index contributed by atoms with van der Waals surface area (Å²) >= 11 is 0. The number of diazo groups is 1. The predicted octanol–water partition coefficient (Wildman–Crippen LogP) is -2.28. The quantitative estimate of drug-likeness (QED) is 0.455. The molecule has 0 heterocycles. The molecule has 0 amide bonds. The molecule has 76 valence electrons. The largest absolute Gasteiger partial charge is 0.385 e. The second-order valence-electron chi connectivity index (χ2n) is 2.31. The SMILES string of the molecule is Cc1ccc([N+]#N)cc1.[O-][Cl+3]([O-])([O-])[O-]. The van der Waals surface area contributed by atoms with Crippen molar-refractivity contribution in [3.63, 3.8) is 0 Å². The third kappa shape index (κ3) is 8.86. The third-order valence-electron chi connectivity index (χ3n) is 1.15. The van der Waals surface area contributed by atoms with Gasteiger partial charge in [0.2, 0.25) is 5.39 Å². The molecular weight excluding hydrogens is 212 g/mol. The Morgan fingerprint density at radius 3 is 1.71 bits per heavy atom. The van der Waals surface area contributed by atoms with Gasteiger partial charge in [-0.3, -0.25) is 0 Å². The topological polar surface area (TPSA) is 120 Å². The van der Waals surface area contributed by atoms with Crippen LogP contribution in [0.25, 0.3) is 4.98 Å². The van der Waals surface area contributed by atoms with Crippen LogP contribution in [-0.2, 0) is 0 Å². The molecule has 1 aromatic rings. The second kappa shape index (κ2) is 5.49. The minimum absolute atomic E-state index is 0.598. The minimum Gasteiger partial charge on any atom is -0.222 e. The minimum atomic E-state index is -4.94. The van der Waals surface area contributed by atoms with Crippen molar-refractivity contribution in [2.75, 3.05) is 0 Å². The lowest BCUT2D eigenvalue weighted by molar-refractivity contribution is -2.00. The molecule has 0 bridgehead atoms. The number of halogens is 1. The van der Waals surface area contributed by atoms with E-state index >= 15 is 0 Å². The molecule has 0 saturated carbocycles. The smallest absolute Gasteiger partial charge is 0.222 e. The molecule has 0 aliphatic rings. The van der Waals surface area contributed by atoms with Gasteiger partial charge >= 0.3 is 5.69 Å². The first-order valence-corrected chi connectivity index (χ1v) is 4.60. The van der Waals surface area contributed by atoms with Gasteiger partial charge in [0.15, 0.2) is 4.98 Å². The summed E-state index contributed by atoms with van der Waals surface area (Å²) in [5, 5.41) is 8.25. The van der Waals surface area contributed by atoms with Crippen LogP contribution >= 0.6 is 0 Å². The number of hydrogen-bond donors (Lipinski definition) is 0. The van der Waals surface area contributed by atoms with E-state index in [0.717, 1.165) is 0 Å². The maximum absolute atomic E-state index is 8.49. The van der Waals surface area contributed by atoms with Gasteiger partial charge in [-0.25, -0.2) is 18.6 Å². The maximum atomic E-state index is 8.49. The average Bonchev–Trinajstić information content (AvgIpc) is 2.03. The average molecular weight is 219 g/mol. The number of rotatable bonds is 0. The zero-order valence-corrected chi connectivity index (χ0v) is 7.97. The summed E-state index contributed by atoms with van der Waals surface area (Å²) in [6.45, 7) is 1.99. The summed E-state index contributed by atoms with van der Waals surface area (Å²) in [6, 6.07) is 7.31. The number of benzene rings is 1. The summed E-state index contributed by atoms with van der Waals surface area (Å²) in [5.41, 5.74) is 1.77. The Morgan fingerprint density at radius 1 is 1.07 bits per heavy atom. The van der Waals surface area contributed by atoms with E-state index in [1.54, 1.807) is 12.1 Å². The van der Waals surface area contributed by atoms with Gasteiger partial charge in [0.1, 0.15) is 0 Å². The van der Waals surface area contributed by atoms with Crippen LogP contribution in [0.2, 0.25) is 0 Å². The lowest BCUT2D eigenvalue weighted by Gasteiger charge is -2.17. The molecule has 14 heavy (non-hydrogen) atoms. The van der Waals surface area contributed by atoms with Crippen LogP contribution in [-0.4, -0.2) is 0 Å². The molecule has 6 nitrogen and oxygen atoms in total. The van der Waals surface area contributed by atoms with Crippen LogP contribution in [0.15, 0.2) is 24.3 Å². The normalized spacial score (nSPS) is 9.71.